The lowest BCUT2D eigenvalue weighted by atomic mass is 10.1. The summed E-state index contributed by atoms with van der Waals surface area (Å²) in [6.45, 7) is 0. The van der Waals surface area contributed by atoms with E-state index in [4.69, 9.17) is 23.2 Å². The maximum absolute atomic E-state index is 12.6. The Labute approximate surface area is 164 Å². The van der Waals surface area contributed by atoms with Crippen molar-refractivity contribution in [3.05, 3.63) is 70.3 Å². The van der Waals surface area contributed by atoms with Crippen LogP contribution < -0.4 is 15.5 Å². The highest BCUT2D eigenvalue weighted by Gasteiger charge is 2.36. The number of urea groups is 1. The number of hydrogen-bond acceptors (Lipinski definition) is 5. The maximum atomic E-state index is 12.6. The summed E-state index contributed by atoms with van der Waals surface area (Å²) in [5.41, 5.74) is 1.33. The average Bonchev–Trinajstić information content (AvgIpc) is 2.64. The highest BCUT2D eigenvalue weighted by atomic mass is 35.5. The molecule has 9 heteroatoms. The Morgan fingerprint density at radius 3 is 2.48 bits per heavy atom. The second kappa shape index (κ2) is 7.03. The van der Waals surface area contributed by atoms with Gasteiger partial charge in [0.15, 0.2) is 6.23 Å². The highest BCUT2D eigenvalue weighted by molar-refractivity contribution is 6.40. The number of aliphatic hydroxyl groups is 1. The Kier molecular flexibility index (Phi) is 4.57. The molecule has 0 saturated carbocycles. The monoisotopic (exact) mass is 401 g/mol. The molecule has 3 N–H and O–H groups in total. The second-order valence-corrected chi connectivity index (χ2v) is 6.55. The Balaban J connectivity index is 1.68. The van der Waals surface area contributed by atoms with Gasteiger partial charge in [0, 0.05) is 11.9 Å². The van der Waals surface area contributed by atoms with Crippen LogP contribution in [-0.2, 0) is 0 Å². The van der Waals surface area contributed by atoms with Gasteiger partial charge in [-0.05, 0) is 24.3 Å². The molecule has 2 amide bonds. The molecule has 2 aromatic carbocycles. The molecule has 0 saturated heterocycles. The zero-order valence-corrected chi connectivity index (χ0v) is 15.2. The minimum Gasteiger partial charge on any atom is -0.369 e. The minimum atomic E-state index is -1.34. The fourth-order valence-electron chi connectivity index (χ4n) is 2.75. The van der Waals surface area contributed by atoms with Crippen LogP contribution in [0.3, 0.4) is 0 Å². The average molecular weight is 402 g/mol. The number of para-hydroxylation sites is 2. The standard InChI is InChI=1S/C18H13Cl2N5O2/c19-12-7-4-8-13(20)14(12)25-16(26)11-9-21-17(23-15(11)24-18(25)27)22-10-5-2-1-3-6-10/h1-9,16,26H,(H2,21,22,23,24,27). The van der Waals surface area contributed by atoms with E-state index in [1.165, 1.54) is 6.20 Å². The lowest BCUT2D eigenvalue weighted by Gasteiger charge is -2.34. The van der Waals surface area contributed by atoms with E-state index in [0.717, 1.165) is 10.6 Å². The van der Waals surface area contributed by atoms with Gasteiger partial charge in [-0.3, -0.25) is 10.2 Å². The van der Waals surface area contributed by atoms with E-state index in [9.17, 15) is 9.90 Å². The number of aromatic nitrogens is 2. The molecular weight excluding hydrogens is 389 g/mol. The van der Waals surface area contributed by atoms with Crippen LogP contribution in [-0.4, -0.2) is 21.1 Å². The molecule has 1 aliphatic heterocycles. The van der Waals surface area contributed by atoms with Crippen molar-refractivity contribution >= 4 is 52.4 Å². The van der Waals surface area contributed by atoms with Gasteiger partial charge in [0.2, 0.25) is 5.95 Å². The molecule has 1 aromatic heterocycles. The summed E-state index contributed by atoms with van der Waals surface area (Å²) in [7, 11) is 0. The molecule has 0 spiro atoms. The molecule has 4 rings (SSSR count). The first-order valence-electron chi connectivity index (χ1n) is 7.96. The Morgan fingerprint density at radius 1 is 1.07 bits per heavy atom. The SMILES string of the molecule is O=C1Nc2nc(Nc3ccccc3)ncc2C(O)N1c1c(Cl)cccc1Cl. The molecule has 7 nitrogen and oxygen atoms in total. The normalized spacial score (nSPS) is 15.9. The number of carbonyl (C=O) groups excluding carboxylic acids is 1. The Morgan fingerprint density at radius 2 is 1.78 bits per heavy atom. The number of fused-ring (bicyclic) bond motifs is 1. The van der Waals surface area contributed by atoms with Gasteiger partial charge in [-0.25, -0.2) is 9.78 Å². The molecule has 3 aromatic rings. The van der Waals surface area contributed by atoms with Crippen LogP contribution in [0.15, 0.2) is 54.7 Å². The largest absolute Gasteiger partial charge is 0.369 e. The van der Waals surface area contributed by atoms with E-state index < -0.39 is 12.3 Å². The van der Waals surface area contributed by atoms with E-state index in [1.807, 2.05) is 30.3 Å². The number of benzene rings is 2. The van der Waals surface area contributed by atoms with Gasteiger partial charge >= 0.3 is 6.03 Å². The van der Waals surface area contributed by atoms with Crippen molar-refractivity contribution in [3.8, 4) is 0 Å². The Bertz CT molecular complexity index is 996. The van der Waals surface area contributed by atoms with Crippen LogP contribution in [0, 0.1) is 0 Å². The molecule has 0 fully saturated rings. The molecule has 0 radical (unpaired) electrons. The van der Waals surface area contributed by atoms with Crippen molar-refractivity contribution in [1.29, 1.82) is 0 Å². The third-order valence-electron chi connectivity index (χ3n) is 3.99. The number of halogens is 2. The van der Waals surface area contributed by atoms with E-state index >= 15 is 0 Å². The van der Waals surface area contributed by atoms with Crippen molar-refractivity contribution in [2.45, 2.75) is 6.23 Å². The summed E-state index contributed by atoms with van der Waals surface area (Å²) in [6, 6.07) is 13.6. The number of nitrogens with zero attached hydrogens (tertiary/aromatic N) is 3. The van der Waals surface area contributed by atoms with Gasteiger partial charge in [0.25, 0.3) is 0 Å². The molecule has 1 atom stereocenters. The summed E-state index contributed by atoms with van der Waals surface area (Å²) in [6.07, 6.45) is 0.104. The van der Waals surface area contributed by atoms with Crippen molar-refractivity contribution in [2.24, 2.45) is 0 Å². The van der Waals surface area contributed by atoms with Gasteiger partial charge in [0.1, 0.15) is 5.82 Å². The number of nitrogens with one attached hydrogen (secondary N) is 2. The van der Waals surface area contributed by atoms with Crippen LogP contribution >= 0.6 is 23.2 Å². The maximum Gasteiger partial charge on any atom is 0.330 e. The van der Waals surface area contributed by atoms with Crippen molar-refractivity contribution < 1.29 is 9.90 Å². The highest BCUT2D eigenvalue weighted by Crippen LogP contribution is 2.41. The van der Waals surface area contributed by atoms with Crippen LogP contribution in [0.25, 0.3) is 0 Å². The zero-order valence-electron chi connectivity index (χ0n) is 13.7. The van der Waals surface area contributed by atoms with Crippen LogP contribution in [0.2, 0.25) is 10.0 Å². The molecule has 1 unspecified atom stereocenters. The number of hydrogen-bond donors (Lipinski definition) is 3. The quantitative estimate of drug-likeness (QED) is 0.597. The first-order valence-corrected chi connectivity index (χ1v) is 8.71. The van der Waals surface area contributed by atoms with Gasteiger partial charge in [-0.15, -0.1) is 0 Å². The fourth-order valence-corrected chi connectivity index (χ4v) is 3.33. The molecule has 136 valence electrons. The fraction of sp³-hybridized carbons (Fsp3) is 0.0556. The smallest absolute Gasteiger partial charge is 0.330 e. The van der Waals surface area contributed by atoms with Crippen LogP contribution in [0.1, 0.15) is 11.8 Å². The molecular formula is C18H13Cl2N5O2. The third kappa shape index (κ3) is 3.28. The van der Waals surface area contributed by atoms with Crippen LogP contribution in [0.5, 0.6) is 0 Å². The number of amides is 2. The van der Waals surface area contributed by atoms with Gasteiger partial charge in [0.05, 0.1) is 21.3 Å². The van der Waals surface area contributed by atoms with Gasteiger partial charge in [-0.2, -0.15) is 4.98 Å². The van der Waals surface area contributed by atoms with E-state index in [0.29, 0.717) is 5.56 Å². The lowest BCUT2D eigenvalue weighted by molar-refractivity contribution is 0.169. The molecule has 2 heterocycles. The molecule has 0 bridgehead atoms. The van der Waals surface area contributed by atoms with E-state index in [2.05, 4.69) is 20.6 Å². The zero-order chi connectivity index (χ0) is 19.0. The molecule has 1 aliphatic rings. The topological polar surface area (TPSA) is 90.4 Å². The first kappa shape index (κ1) is 17.5. The van der Waals surface area contributed by atoms with Crippen LogP contribution in [0.4, 0.5) is 27.9 Å². The van der Waals surface area contributed by atoms with Crippen molar-refractivity contribution in [2.75, 3.05) is 15.5 Å². The van der Waals surface area contributed by atoms with E-state index in [-0.39, 0.29) is 27.5 Å². The summed E-state index contributed by atoms with van der Waals surface area (Å²) in [5.74, 6) is 0.497. The molecule has 0 aliphatic carbocycles. The van der Waals surface area contributed by atoms with Crippen molar-refractivity contribution in [1.82, 2.24) is 9.97 Å². The summed E-state index contributed by atoms with van der Waals surface area (Å²) in [5, 5.41) is 16.9. The molecule has 27 heavy (non-hydrogen) atoms. The number of aliphatic hydroxyl groups excluding tert-OH is 1. The summed E-state index contributed by atoms with van der Waals surface area (Å²) >= 11 is 12.4. The van der Waals surface area contributed by atoms with Gasteiger partial charge in [-0.1, -0.05) is 47.5 Å². The predicted molar refractivity (Wildman–Crippen MR) is 105 cm³/mol. The third-order valence-corrected chi connectivity index (χ3v) is 4.60. The second-order valence-electron chi connectivity index (χ2n) is 5.73. The lowest BCUT2D eigenvalue weighted by Crippen LogP contribution is -2.43. The summed E-state index contributed by atoms with van der Waals surface area (Å²) < 4.78 is 0. The number of carbonyl (C=O) groups is 1. The number of rotatable bonds is 3. The van der Waals surface area contributed by atoms with Crippen molar-refractivity contribution in [3.63, 3.8) is 0 Å². The predicted octanol–water partition coefficient (Wildman–Crippen LogP) is 4.57. The van der Waals surface area contributed by atoms with Gasteiger partial charge < -0.3 is 10.4 Å². The van der Waals surface area contributed by atoms with E-state index in [1.54, 1.807) is 18.2 Å². The minimum absolute atomic E-state index is 0.209. The Hall–Kier alpha value is -2.87. The summed E-state index contributed by atoms with van der Waals surface area (Å²) in [4.78, 5) is 22.2. The number of anilines is 4. The first-order chi connectivity index (χ1) is 13.0.